The van der Waals surface area contributed by atoms with E-state index in [0.717, 1.165) is 0 Å². The van der Waals surface area contributed by atoms with E-state index < -0.39 is 23.7 Å². The third-order valence-corrected chi connectivity index (χ3v) is 4.57. The zero-order valence-corrected chi connectivity index (χ0v) is 14.8. The van der Waals surface area contributed by atoms with E-state index in [2.05, 4.69) is 10.4 Å². The van der Waals surface area contributed by atoms with Crippen molar-refractivity contribution < 1.29 is 22.7 Å². The minimum Gasteiger partial charge on any atom is -0.494 e. The second-order valence-corrected chi connectivity index (χ2v) is 6.39. The highest BCUT2D eigenvalue weighted by atomic mass is 19.4. The Morgan fingerprint density at radius 2 is 2.00 bits per heavy atom. The van der Waals surface area contributed by atoms with Crippen LogP contribution < -0.4 is 5.32 Å². The van der Waals surface area contributed by atoms with Gasteiger partial charge in [0.25, 0.3) is 5.91 Å². The number of amides is 1. The molecule has 1 heterocycles. The molecule has 1 fully saturated rings. The minimum absolute atomic E-state index is 0.0438. The SMILES string of the molecule is CO/C(=C/C(=N)n1cccn1)C(=N)C(=O)NCC1CCC(C(F)(F)F)CC1. The fourth-order valence-electron chi connectivity index (χ4n) is 2.97. The van der Waals surface area contributed by atoms with Crippen LogP contribution in [0.15, 0.2) is 30.3 Å². The fourth-order valence-corrected chi connectivity index (χ4v) is 2.97. The second-order valence-electron chi connectivity index (χ2n) is 6.39. The summed E-state index contributed by atoms with van der Waals surface area (Å²) in [5.41, 5.74) is -0.460. The molecule has 1 aromatic rings. The average Bonchev–Trinajstić information content (AvgIpc) is 3.18. The zero-order chi connectivity index (χ0) is 20.0. The van der Waals surface area contributed by atoms with E-state index in [0.29, 0.717) is 12.8 Å². The second kappa shape index (κ2) is 8.83. The van der Waals surface area contributed by atoms with E-state index in [1.165, 1.54) is 30.3 Å². The van der Waals surface area contributed by atoms with Crippen molar-refractivity contribution in [1.82, 2.24) is 15.1 Å². The maximum absolute atomic E-state index is 12.7. The van der Waals surface area contributed by atoms with Crippen LogP contribution in [0.1, 0.15) is 25.7 Å². The summed E-state index contributed by atoms with van der Waals surface area (Å²) in [6.45, 7) is 0.208. The van der Waals surface area contributed by atoms with Gasteiger partial charge in [0.1, 0.15) is 5.84 Å². The van der Waals surface area contributed by atoms with Crippen molar-refractivity contribution in [2.45, 2.75) is 31.9 Å². The molecule has 0 aliphatic heterocycles. The first-order valence-electron chi connectivity index (χ1n) is 8.50. The number of rotatable bonds is 6. The molecule has 1 aliphatic carbocycles. The van der Waals surface area contributed by atoms with Gasteiger partial charge < -0.3 is 10.1 Å². The highest BCUT2D eigenvalue weighted by Crippen LogP contribution is 2.39. The van der Waals surface area contributed by atoms with Crippen molar-refractivity contribution in [3.63, 3.8) is 0 Å². The number of aromatic nitrogens is 2. The molecule has 0 radical (unpaired) electrons. The minimum atomic E-state index is -4.16. The first-order chi connectivity index (χ1) is 12.7. The van der Waals surface area contributed by atoms with Crippen LogP contribution in [0.3, 0.4) is 0 Å². The molecule has 10 heteroatoms. The number of alkyl halides is 3. The van der Waals surface area contributed by atoms with E-state index in [4.69, 9.17) is 15.6 Å². The van der Waals surface area contributed by atoms with Gasteiger partial charge in [0.2, 0.25) is 0 Å². The summed E-state index contributed by atoms with van der Waals surface area (Å²) >= 11 is 0. The van der Waals surface area contributed by atoms with Crippen molar-refractivity contribution in [3.05, 3.63) is 30.3 Å². The maximum atomic E-state index is 12.7. The Hall–Kier alpha value is -2.65. The van der Waals surface area contributed by atoms with Crippen molar-refractivity contribution in [2.75, 3.05) is 13.7 Å². The van der Waals surface area contributed by atoms with Gasteiger partial charge in [-0.15, -0.1) is 0 Å². The van der Waals surface area contributed by atoms with E-state index >= 15 is 0 Å². The summed E-state index contributed by atoms with van der Waals surface area (Å²) in [5, 5.41) is 22.2. The number of methoxy groups -OCH3 is 1. The number of hydrogen-bond donors (Lipinski definition) is 3. The molecule has 0 bridgehead atoms. The number of hydrogen-bond acceptors (Lipinski definition) is 5. The standard InChI is InChI=1S/C17H22F3N5O2/c1-27-13(9-14(21)25-8-2-7-24-25)15(22)16(26)23-10-11-3-5-12(6-4-11)17(18,19)20/h2,7-9,11-12,21-22H,3-6,10H2,1H3,(H,23,26)/b13-9+,21-14?,22-15?. The monoisotopic (exact) mass is 385 g/mol. The molecule has 1 saturated carbocycles. The molecule has 7 nitrogen and oxygen atoms in total. The van der Waals surface area contributed by atoms with Crippen molar-refractivity contribution in [1.29, 1.82) is 10.8 Å². The lowest BCUT2D eigenvalue weighted by Crippen LogP contribution is -2.37. The first-order valence-corrected chi connectivity index (χ1v) is 8.50. The lowest BCUT2D eigenvalue weighted by Gasteiger charge is -2.29. The summed E-state index contributed by atoms with van der Waals surface area (Å²) in [7, 11) is 1.28. The molecule has 1 aromatic heterocycles. The van der Waals surface area contributed by atoms with Gasteiger partial charge in [-0.2, -0.15) is 18.3 Å². The molecule has 0 unspecified atom stereocenters. The van der Waals surface area contributed by atoms with Crippen LogP contribution in [0, 0.1) is 22.7 Å². The highest BCUT2D eigenvalue weighted by molar-refractivity contribution is 6.43. The van der Waals surface area contributed by atoms with E-state index in [9.17, 15) is 18.0 Å². The molecule has 0 atom stereocenters. The summed E-state index contributed by atoms with van der Waals surface area (Å²) in [5.74, 6) is -2.19. The molecule has 1 amide bonds. The predicted octanol–water partition coefficient (Wildman–Crippen LogP) is 2.74. The van der Waals surface area contributed by atoms with E-state index in [1.54, 1.807) is 6.07 Å². The van der Waals surface area contributed by atoms with Crippen LogP contribution in [0.25, 0.3) is 0 Å². The molecule has 27 heavy (non-hydrogen) atoms. The number of ether oxygens (including phenoxy) is 1. The smallest absolute Gasteiger partial charge is 0.391 e. The number of allylic oxidation sites excluding steroid dienone is 1. The lowest BCUT2D eigenvalue weighted by molar-refractivity contribution is -0.183. The van der Waals surface area contributed by atoms with Crippen LogP contribution in [-0.4, -0.2) is 47.1 Å². The lowest BCUT2D eigenvalue weighted by atomic mass is 9.81. The Labute approximate surface area is 154 Å². The van der Waals surface area contributed by atoms with Gasteiger partial charge in [0, 0.05) is 25.0 Å². The van der Waals surface area contributed by atoms with Crippen LogP contribution >= 0.6 is 0 Å². The van der Waals surface area contributed by atoms with Gasteiger partial charge in [0.05, 0.1) is 13.0 Å². The summed E-state index contributed by atoms with van der Waals surface area (Å²) in [6.07, 6.45) is 0.950. The Morgan fingerprint density at radius 3 is 2.52 bits per heavy atom. The van der Waals surface area contributed by atoms with Crippen LogP contribution in [0.2, 0.25) is 0 Å². The van der Waals surface area contributed by atoms with Gasteiger partial charge in [0.15, 0.2) is 11.5 Å². The third-order valence-electron chi connectivity index (χ3n) is 4.57. The number of halogens is 3. The molecule has 0 aromatic carbocycles. The molecular formula is C17H22F3N5O2. The summed E-state index contributed by atoms with van der Waals surface area (Å²) in [6, 6.07) is 1.63. The summed E-state index contributed by atoms with van der Waals surface area (Å²) in [4.78, 5) is 12.1. The Balaban J connectivity index is 1.86. The Morgan fingerprint density at radius 1 is 1.33 bits per heavy atom. The Kier molecular flexibility index (Phi) is 6.75. The molecular weight excluding hydrogens is 363 g/mol. The van der Waals surface area contributed by atoms with E-state index in [1.807, 2.05) is 0 Å². The van der Waals surface area contributed by atoms with Crippen molar-refractivity contribution >= 4 is 17.5 Å². The first kappa shape index (κ1) is 20.7. The Bertz CT molecular complexity index is 705. The molecule has 2 rings (SSSR count). The molecule has 1 aliphatic rings. The van der Waals surface area contributed by atoms with E-state index in [-0.39, 0.29) is 36.9 Å². The zero-order valence-electron chi connectivity index (χ0n) is 14.8. The number of nitrogens with zero attached hydrogens (tertiary/aromatic N) is 2. The predicted molar refractivity (Wildman–Crippen MR) is 92.7 cm³/mol. The molecule has 0 spiro atoms. The average molecular weight is 385 g/mol. The number of carbonyl (C=O) groups is 1. The van der Waals surface area contributed by atoms with Crippen LogP contribution in [0.4, 0.5) is 13.2 Å². The molecule has 148 valence electrons. The van der Waals surface area contributed by atoms with Crippen molar-refractivity contribution in [2.24, 2.45) is 11.8 Å². The quantitative estimate of drug-likeness (QED) is 0.398. The third kappa shape index (κ3) is 5.66. The fraction of sp³-hybridized carbons (Fsp3) is 0.529. The molecule has 0 saturated heterocycles. The molecule has 3 N–H and O–H groups in total. The van der Waals surface area contributed by atoms with Crippen LogP contribution in [0.5, 0.6) is 0 Å². The number of nitrogens with one attached hydrogen (secondary N) is 3. The van der Waals surface area contributed by atoms with Gasteiger partial charge in [-0.1, -0.05) is 0 Å². The normalized spacial score (nSPS) is 20.8. The topological polar surface area (TPSA) is 104 Å². The number of carbonyl (C=O) groups excluding carboxylic acids is 1. The van der Waals surface area contributed by atoms with Gasteiger partial charge >= 0.3 is 6.18 Å². The maximum Gasteiger partial charge on any atom is 0.391 e. The van der Waals surface area contributed by atoms with Gasteiger partial charge in [-0.3, -0.25) is 15.6 Å². The summed E-state index contributed by atoms with van der Waals surface area (Å²) < 4.78 is 44.3. The highest BCUT2D eigenvalue weighted by Gasteiger charge is 2.41. The van der Waals surface area contributed by atoms with Gasteiger partial charge in [-0.25, -0.2) is 4.68 Å². The van der Waals surface area contributed by atoms with Crippen LogP contribution in [-0.2, 0) is 9.53 Å². The van der Waals surface area contributed by atoms with Gasteiger partial charge in [-0.05, 0) is 37.7 Å². The largest absolute Gasteiger partial charge is 0.494 e. The van der Waals surface area contributed by atoms with Crippen molar-refractivity contribution in [3.8, 4) is 0 Å².